The monoisotopic (exact) mass is 373 g/mol. The van der Waals surface area contributed by atoms with Crippen LogP contribution in [0.25, 0.3) is 0 Å². The van der Waals surface area contributed by atoms with Gasteiger partial charge in [-0.1, -0.05) is 33.8 Å². The van der Waals surface area contributed by atoms with Gasteiger partial charge in [-0.25, -0.2) is 9.97 Å². The molecule has 0 spiro atoms. The summed E-state index contributed by atoms with van der Waals surface area (Å²) in [5, 5.41) is 14.9. The van der Waals surface area contributed by atoms with Crippen LogP contribution in [0.5, 0.6) is 5.75 Å². The number of nitrogens with zero attached hydrogens (tertiary/aromatic N) is 4. The molecule has 0 bridgehead atoms. The van der Waals surface area contributed by atoms with Crippen molar-refractivity contribution in [3.05, 3.63) is 40.7 Å². The van der Waals surface area contributed by atoms with E-state index in [-0.39, 0.29) is 11.5 Å². The van der Waals surface area contributed by atoms with Crippen molar-refractivity contribution in [2.45, 2.75) is 27.7 Å². The van der Waals surface area contributed by atoms with Gasteiger partial charge in [0.25, 0.3) is 0 Å². The number of benzene rings is 1. The molecule has 0 aliphatic rings. The van der Waals surface area contributed by atoms with Crippen molar-refractivity contribution in [2.24, 2.45) is 11.8 Å². The number of rotatable bonds is 9. The number of aromatic nitrogens is 2. The molecular weight excluding hydrogens is 346 g/mol. The summed E-state index contributed by atoms with van der Waals surface area (Å²) in [4.78, 5) is 21.8. The summed E-state index contributed by atoms with van der Waals surface area (Å²) >= 11 is 0. The van der Waals surface area contributed by atoms with E-state index in [1.54, 1.807) is 31.4 Å². The molecular formula is C19H27N5O3. The van der Waals surface area contributed by atoms with Crippen molar-refractivity contribution in [3.8, 4) is 5.75 Å². The predicted molar refractivity (Wildman–Crippen MR) is 107 cm³/mol. The molecule has 1 N–H and O–H groups in total. The molecule has 0 aliphatic heterocycles. The van der Waals surface area contributed by atoms with Crippen LogP contribution in [0.1, 0.15) is 27.7 Å². The minimum Gasteiger partial charge on any atom is -0.497 e. The van der Waals surface area contributed by atoms with Crippen LogP contribution in [-0.4, -0.2) is 35.1 Å². The summed E-state index contributed by atoms with van der Waals surface area (Å²) in [6.07, 6.45) is 1.36. The maximum Gasteiger partial charge on any atom is 0.353 e. The highest BCUT2D eigenvalue weighted by molar-refractivity contribution is 5.74. The summed E-state index contributed by atoms with van der Waals surface area (Å²) in [6.45, 7) is 9.67. The van der Waals surface area contributed by atoms with Crippen LogP contribution in [-0.2, 0) is 0 Å². The standard InChI is InChI=1S/C19H27N5O3/c1-13(2)10-23(11-14(3)4)19-17(24(25)26)18(20-12-21-19)22-15-7-6-8-16(9-15)27-5/h6-9,12-14H,10-11H2,1-5H3,(H,20,21,22). The van der Waals surface area contributed by atoms with Gasteiger partial charge in [0, 0.05) is 24.8 Å². The maximum atomic E-state index is 11.9. The number of anilines is 3. The summed E-state index contributed by atoms with van der Waals surface area (Å²) < 4.78 is 5.20. The van der Waals surface area contributed by atoms with E-state index in [9.17, 15) is 10.1 Å². The van der Waals surface area contributed by atoms with Crippen LogP contribution in [0.15, 0.2) is 30.6 Å². The quantitative estimate of drug-likeness (QED) is 0.518. The summed E-state index contributed by atoms with van der Waals surface area (Å²) in [5.74, 6) is 1.83. The van der Waals surface area contributed by atoms with Gasteiger partial charge in [-0.05, 0) is 24.0 Å². The minimum absolute atomic E-state index is 0.124. The van der Waals surface area contributed by atoms with E-state index in [4.69, 9.17) is 4.74 Å². The smallest absolute Gasteiger partial charge is 0.353 e. The fraction of sp³-hybridized carbons (Fsp3) is 0.474. The Morgan fingerprint density at radius 3 is 2.41 bits per heavy atom. The largest absolute Gasteiger partial charge is 0.497 e. The molecule has 0 fully saturated rings. The number of methoxy groups -OCH3 is 1. The van der Waals surface area contributed by atoms with E-state index in [1.165, 1.54) is 6.33 Å². The maximum absolute atomic E-state index is 11.9. The fourth-order valence-corrected chi connectivity index (χ4v) is 2.83. The molecule has 8 nitrogen and oxygen atoms in total. The average Bonchev–Trinajstić information content (AvgIpc) is 2.60. The fourth-order valence-electron chi connectivity index (χ4n) is 2.83. The van der Waals surface area contributed by atoms with Crippen molar-refractivity contribution in [2.75, 3.05) is 30.4 Å². The van der Waals surface area contributed by atoms with Gasteiger partial charge < -0.3 is 15.0 Å². The zero-order valence-corrected chi connectivity index (χ0v) is 16.5. The molecule has 0 atom stereocenters. The lowest BCUT2D eigenvalue weighted by atomic mass is 10.1. The van der Waals surface area contributed by atoms with Gasteiger partial charge >= 0.3 is 5.69 Å². The summed E-state index contributed by atoms with van der Waals surface area (Å²) in [7, 11) is 1.57. The van der Waals surface area contributed by atoms with Gasteiger partial charge in [-0.15, -0.1) is 0 Å². The van der Waals surface area contributed by atoms with Crippen molar-refractivity contribution >= 4 is 23.0 Å². The number of hydrogen-bond donors (Lipinski definition) is 1. The summed E-state index contributed by atoms with van der Waals surface area (Å²) in [5.41, 5.74) is 0.531. The molecule has 2 rings (SSSR count). The molecule has 8 heteroatoms. The van der Waals surface area contributed by atoms with Gasteiger partial charge in [0.05, 0.1) is 12.0 Å². The first-order valence-electron chi connectivity index (χ1n) is 8.97. The highest BCUT2D eigenvalue weighted by atomic mass is 16.6. The lowest BCUT2D eigenvalue weighted by Crippen LogP contribution is -2.32. The van der Waals surface area contributed by atoms with Crippen molar-refractivity contribution in [3.63, 3.8) is 0 Å². The lowest BCUT2D eigenvalue weighted by molar-refractivity contribution is -0.383. The molecule has 0 radical (unpaired) electrons. The predicted octanol–water partition coefficient (Wildman–Crippen LogP) is 4.26. The van der Waals surface area contributed by atoms with Crippen LogP contribution in [0.3, 0.4) is 0 Å². The Bertz CT molecular complexity index is 770. The third kappa shape index (κ3) is 5.54. The lowest BCUT2D eigenvalue weighted by Gasteiger charge is -2.27. The molecule has 0 unspecified atom stereocenters. The molecule has 1 aromatic carbocycles. The van der Waals surface area contributed by atoms with E-state index >= 15 is 0 Å². The van der Waals surface area contributed by atoms with Gasteiger partial charge in [-0.2, -0.15) is 0 Å². The molecule has 0 saturated heterocycles. The zero-order chi connectivity index (χ0) is 20.0. The van der Waals surface area contributed by atoms with Crippen LogP contribution >= 0.6 is 0 Å². The van der Waals surface area contributed by atoms with Gasteiger partial charge in [-0.3, -0.25) is 10.1 Å². The van der Waals surface area contributed by atoms with Gasteiger partial charge in [0.15, 0.2) is 0 Å². The zero-order valence-electron chi connectivity index (χ0n) is 16.5. The van der Waals surface area contributed by atoms with Crippen molar-refractivity contribution in [1.82, 2.24) is 9.97 Å². The topological polar surface area (TPSA) is 93.4 Å². The number of nitro groups is 1. The Morgan fingerprint density at radius 2 is 1.85 bits per heavy atom. The van der Waals surface area contributed by atoms with Crippen LogP contribution < -0.4 is 15.0 Å². The number of hydrogen-bond acceptors (Lipinski definition) is 7. The van der Waals surface area contributed by atoms with E-state index in [1.807, 2.05) is 4.90 Å². The first-order chi connectivity index (χ1) is 12.8. The van der Waals surface area contributed by atoms with Crippen LogP contribution in [0.2, 0.25) is 0 Å². The van der Waals surface area contributed by atoms with E-state index in [2.05, 4.69) is 43.0 Å². The van der Waals surface area contributed by atoms with E-state index in [0.717, 1.165) is 0 Å². The third-order valence-corrected chi connectivity index (χ3v) is 3.79. The second-order valence-corrected chi connectivity index (χ2v) is 7.20. The first kappa shape index (κ1) is 20.4. The minimum atomic E-state index is -0.425. The summed E-state index contributed by atoms with van der Waals surface area (Å²) in [6, 6.07) is 7.16. The van der Waals surface area contributed by atoms with Crippen LogP contribution in [0.4, 0.5) is 23.0 Å². The second kappa shape index (κ2) is 9.16. The highest BCUT2D eigenvalue weighted by Crippen LogP contribution is 2.34. The Hall–Kier alpha value is -2.90. The molecule has 0 amide bonds. The third-order valence-electron chi connectivity index (χ3n) is 3.79. The van der Waals surface area contributed by atoms with E-state index in [0.29, 0.717) is 42.2 Å². The average molecular weight is 373 g/mol. The normalized spacial score (nSPS) is 10.9. The van der Waals surface area contributed by atoms with E-state index < -0.39 is 4.92 Å². The molecule has 146 valence electrons. The first-order valence-corrected chi connectivity index (χ1v) is 8.97. The SMILES string of the molecule is COc1cccc(Nc2ncnc(N(CC(C)C)CC(C)C)c2[N+](=O)[O-])c1. The van der Waals surface area contributed by atoms with Crippen molar-refractivity contribution in [1.29, 1.82) is 0 Å². The van der Waals surface area contributed by atoms with Gasteiger partial charge in [0.1, 0.15) is 12.1 Å². The molecule has 1 heterocycles. The molecule has 27 heavy (non-hydrogen) atoms. The molecule has 2 aromatic rings. The molecule has 1 aromatic heterocycles. The number of nitrogens with one attached hydrogen (secondary N) is 1. The van der Waals surface area contributed by atoms with Gasteiger partial charge in [0.2, 0.25) is 11.6 Å². The molecule has 0 aliphatic carbocycles. The molecule has 0 saturated carbocycles. The highest BCUT2D eigenvalue weighted by Gasteiger charge is 2.28. The Balaban J connectivity index is 2.46. The number of ether oxygens (including phenoxy) is 1. The Labute approximate surface area is 159 Å². The van der Waals surface area contributed by atoms with Crippen molar-refractivity contribution < 1.29 is 9.66 Å². The second-order valence-electron chi connectivity index (χ2n) is 7.20. The van der Waals surface area contributed by atoms with Crippen LogP contribution in [0, 0.1) is 22.0 Å². The Kier molecular flexibility index (Phi) is 6.92. The Morgan fingerprint density at radius 1 is 1.19 bits per heavy atom.